The zero-order valence-corrected chi connectivity index (χ0v) is 11.4. The van der Waals surface area contributed by atoms with Gasteiger partial charge in [-0.05, 0) is 11.6 Å². The number of H-pyrrole nitrogens is 1. The summed E-state index contributed by atoms with van der Waals surface area (Å²) >= 11 is 0. The number of aromatic nitrogens is 3. The highest BCUT2D eigenvalue weighted by molar-refractivity contribution is 5.43. The second-order valence-corrected chi connectivity index (χ2v) is 5.24. The van der Waals surface area contributed by atoms with Crippen molar-refractivity contribution in [2.45, 2.75) is 18.4 Å². The van der Waals surface area contributed by atoms with Gasteiger partial charge in [0.05, 0.1) is 11.9 Å². The number of aromatic amines is 1. The molecule has 2 unspecified atom stereocenters. The molecular formula is C17H15N3O. The summed E-state index contributed by atoms with van der Waals surface area (Å²) in [4.78, 5) is 0. The van der Waals surface area contributed by atoms with E-state index in [0.29, 0.717) is 0 Å². The predicted molar refractivity (Wildman–Crippen MR) is 79.1 cm³/mol. The molecule has 3 aromatic rings. The highest BCUT2D eigenvalue weighted by Crippen LogP contribution is 2.44. The fourth-order valence-corrected chi connectivity index (χ4v) is 2.95. The van der Waals surface area contributed by atoms with E-state index in [-0.39, 0.29) is 12.0 Å². The molecule has 0 fully saturated rings. The molecule has 0 spiro atoms. The summed E-state index contributed by atoms with van der Waals surface area (Å²) in [5.41, 5.74) is 3.34. The zero-order chi connectivity index (χ0) is 14.1. The van der Waals surface area contributed by atoms with Gasteiger partial charge < -0.3 is 4.74 Å². The normalized spacial score (nSPS) is 20.6. The highest BCUT2D eigenvalue weighted by atomic mass is 16.5. The Morgan fingerprint density at radius 1 is 1.00 bits per heavy atom. The fraction of sp³-hybridized carbons (Fsp3) is 0.176. The van der Waals surface area contributed by atoms with Crippen molar-refractivity contribution in [3.63, 3.8) is 0 Å². The lowest BCUT2D eigenvalue weighted by Gasteiger charge is -2.31. The molecule has 2 aromatic carbocycles. The molecular weight excluding hydrogens is 262 g/mol. The van der Waals surface area contributed by atoms with Gasteiger partial charge in [0, 0.05) is 17.9 Å². The van der Waals surface area contributed by atoms with Crippen molar-refractivity contribution in [2.75, 3.05) is 0 Å². The largest absolute Gasteiger partial charge is 0.485 e. The average Bonchev–Trinajstić information content (AvgIpc) is 3.09. The lowest BCUT2D eigenvalue weighted by Crippen LogP contribution is -2.20. The third kappa shape index (κ3) is 2.18. The van der Waals surface area contributed by atoms with E-state index in [4.69, 9.17) is 4.74 Å². The van der Waals surface area contributed by atoms with Gasteiger partial charge >= 0.3 is 0 Å². The number of hydrogen-bond acceptors (Lipinski definition) is 3. The Labute approximate surface area is 122 Å². The van der Waals surface area contributed by atoms with Gasteiger partial charge in [-0.1, -0.05) is 48.5 Å². The molecule has 0 aliphatic carbocycles. The number of ether oxygens (including phenoxy) is 1. The molecule has 1 N–H and O–H groups in total. The van der Waals surface area contributed by atoms with E-state index < -0.39 is 0 Å². The highest BCUT2D eigenvalue weighted by Gasteiger charge is 2.31. The fourth-order valence-electron chi connectivity index (χ4n) is 2.95. The summed E-state index contributed by atoms with van der Waals surface area (Å²) < 4.78 is 6.19. The van der Waals surface area contributed by atoms with Crippen molar-refractivity contribution >= 4 is 0 Å². The summed E-state index contributed by atoms with van der Waals surface area (Å²) in [7, 11) is 0. The number of fused-ring (bicyclic) bond motifs is 1. The van der Waals surface area contributed by atoms with Crippen LogP contribution in [0.4, 0.5) is 0 Å². The maximum atomic E-state index is 6.19. The molecule has 4 heteroatoms. The van der Waals surface area contributed by atoms with Gasteiger partial charge in [0.25, 0.3) is 0 Å². The second-order valence-electron chi connectivity index (χ2n) is 5.24. The smallest absolute Gasteiger partial charge is 0.125 e. The number of hydrogen-bond donors (Lipinski definition) is 1. The van der Waals surface area contributed by atoms with Crippen LogP contribution in [-0.2, 0) is 0 Å². The topological polar surface area (TPSA) is 50.8 Å². The van der Waals surface area contributed by atoms with Crippen LogP contribution in [0.1, 0.15) is 35.3 Å². The van der Waals surface area contributed by atoms with Gasteiger partial charge in [0.2, 0.25) is 0 Å². The summed E-state index contributed by atoms with van der Waals surface area (Å²) in [6.45, 7) is 0. The van der Waals surface area contributed by atoms with Crippen molar-refractivity contribution in [1.82, 2.24) is 15.4 Å². The van der Waals surface area contributed by atoms with Crippen molar-refractivity contribution in [3.8, 4) is 5.75 Å². The molecule has 1 aromatic heterocycles. The van der Waals surface area contributed by atoms with Crippen LogP contribution in [0.5, 0.6) is 5.75 Å². The second kappa shape index (κ2) is 5.05. The zero-order valence-electron chi connectivity index (χ0n) is 11.4. The number of benzene rings is 2. The van der Waals surface area contributed by atoms with Crippen LogP contribution in [0.15, 0.2) is 60.8 Å². The van der Waals surface area contributed by atoms with E-state index in [1.54, 1.807) is 6.20 Å². The molecule has 4 rings (SSSR count). The van der Waals surface area contributed by atoms with Gasteiger partial charge in [0.15, 0.2) is 0 Å². The Morgan fingerprint density at radius 2 is 1.81 bits per heavy atom. The Morgan fingerprint density at radius 3 is 2.62 bits per heavy atom. The first-order valence-electron chi connectivity index (χ1n) is 7.08. The first-order valence-corrected chi connectivity index (χ1v) is 7.08. The number of nitrogens with zero attached hydrogens (tertiary/aromatic N) is 2. The average molecular weight is 277 g/mol. The molecule has 1 aliphatic rings. The van der Waals surface area contributed by atoms with Gasteiger partial charge in [0.1, 0.15) is 11.9 Å². The minimum atomic E-state index is 0.0443. The number of para-hydroxylation sites is 1. The van der Waals surface area contributed by atoms with Gasteiger partial charge in [-0.3, -0.25) is 0 Å². The van der Waals surface area contributed by atoms with Gasteiger partial charge in [-0.2, -0.15) is 15.4 Å². The quantitative estimate of drug-likeness (QED) is 0.780. The molecule has 0 radical (unpaired) electrons. The molecule has 4 nitrogen and oxygen atoms in total. The lowest BCUT2D eigenvalue weighted by molar-refractivity contribution is 0.167. The van der Waals surface area contributed by atoms with Crippen molar-refractivity contribution < 1.29 is 4.74 Å². The van der Waals surface area contributed by atoms with Gasteiger partial charge in [-0.15, -0.1) is 0 Å². The Kier molecular flexibility index (Phi) is 2.92. The van der Waals surface area contributed by atoms with Crippen LogP contribution in [-0.4, -0.2) is 15.4 Å². The summed E-state index contributed by atoms with van der Waals surface area (Å²) in [6, 6.07) is 18.5. The first kappa shape index (κ1) is 12.1. The van der Waals surface area contributed by atoms with E-state index in [9.17, 15) is 0 Å². The Bertz CT molecular complexity index is 725. The molecule has 2 heterocycles. The van der Waals surface area contributed by atoms with E-state index in [1.807, 2.05) is 36.4 Å². The van der Waals surface area contributed by atoms with Crippen LogP contribution >= 0.6 is 0 Å². The first-order chi connectivity index (χ1) is 10.4. The maximum Gasteiger partial charge on any atom is 0.125 e. The van der Waals surface area contributed by atoms with E-state index >= 15 is 0 Å². The van der Waals surface area contributed by atoms with E-state index in [2.05, 4.69) is 33.6 Å². The van der Waals surface area contributed by atoms with Crippen molar-refractivity contribution in [3.05, 3.63) is 77.6 Å². The van der Waals surface area contributed by atoms with Crippen LogP contribution in [0.2, 0.25) is 0 Å². The van der Waals surface area contributed by atoms with E-state index in [0.717, 1.165) is 17.9 Å². The number of nitrogens with one attached hydrogen (secondary N) is 1. The minimum Gasteiger partial charge on any atom is -0.485 e. The molecule has 21 heavy (non-hydrogen) atoms. The van der Waals surface area contributed by atoms with E-state index in [1.165, 1.54) is 11.1 Å². The lowest BCUT2D eigenvalue weighted by atomic mass is 9.85. The molecule has 104 valence electrons. The molecule has 0 bridgehead atoms. The standard InChI is InChI=1S/C17H15N3O/c1-2-6-12(7-3-1)17-10-14(15-11-18-20-19-15)13-8-4-5-9-16(13)21-17/h1-9,11,14,17H,10H2,(H,18,19,20). The third-order valence-corrected chi connectivity index (χ3v) is 3.98. The summed E-state index contributed by atoms with van der Waals surface area (Å²) in [5, 5.41) is 10.9. The van der Waals surface area contributed by atoms with Gasteiger partial charge in [-0.25, -0.2) is 0 Å². The molecule has 1 aliphatic heterocycles. The molecule has 2 atom stereocenters. The minimum absolute atomic E-state index is 0.0443. The molecule has 0 saturated heterocycles. The Balaban J connectivity index is 1.77. The van der Waals surface area contributed by atoms with Crippen LogP contribution in [0.25, 0.3) is 0 Å². The van der Waals surface area contributed by atoms with Crippen molar-refractivity contribution in [2.24, 2.45) is 0 Å². The molecule has 0 amide bonds. The molecule has 0 saturated carbocycles. The van der Waals surface area contributed by atoms with Crippen LogP contribution < -0.4 is 4.74 Å². The van der Waals surface area contributed by atoms with Crippen LogP contribution in [0, 0.1) is 0 Å². The summed E-state index contributed by atoms with van der Waals surface area (Å²) in [6.07, 6.45) is 2.71. The SMILES string of the molecule is c1ccc(C2CC(c3cn[nH]n3)c3ccccc3O2)cc1. The maximum absolute atomic E-state index is 6.19. The van der Waals surface area contributed by atoms with Crippen LogP contribution in [0.3, 0.4) is 0 Å². The summed E-state index contributed by atoms with van der Waals surface area (Å²) in [5.74, 6) is 1.14. The number of rotatable bonds is 2. The Hall–Kier alpha value is -2.62. The third-order valence-electron chi connectivity index (χ3n) is 3.98. The predicted octanol–water partition coefficient (Wildman–Crippen LogP) is 3.46. The monoisotopic (exact) mass is 277 g/mol. The van der Waals surface area contributed by atoms with Crippen molar-refractivity contribution in [1.29, 1.82) is 0 Å².